The van der Waals surface area contributed by atoms with Crippen molar-refractivity contribution < 1.29 is 4.79 Å². The number of nitrogens with one attached hydrogen (secondary N) is 1. The highest BCUT2D eigenvalue weighted by Gasteiger charge is 2.40. The summed E-state index contributed by atoms with van der Waals surface area (Å²) < 4.78 is 0. The molecule has 0 aromatic heterocycles. The summed E-state index contributed by atoms with van der Waals surface area (Å²) in [6.07, 6.45) is 7.83. The Hall–Kier alpha value is -0.570. The maximum absolute atomic E-state index is 12.3. The lowest BCUT2D eigenvalue weighted by Crippen LogP contribution is -2.47. The molecule has 3 heteroatoms. The van der Waals surface area contributed by atoms with E-state index >= 15 is 0 Å². The zero-order chi connectivity index (χ0) is 11.6. The molecule has 2 atom stereocenters. The first-order valence-electron chi connectivity index (χ1n) is 6.67. The van der Waals surface area contributed by atoms with Gasteiger partial charge in [-0.2, -0.15) is 0 Å². The molecule has 92 valence electrons. The number of carbonyl (C=O) groups is 1. The number of hydrogen-bond acceptors (Lipinski definition) is 2. The minimum atomic E-state index is -0.230. The van der Waals surface area contributed by atoms with Gasteiger partial charge in [-0.05, 0) is 38.0 Å². The van der Waals surface area contributed by atoms with Gasteiger partial charge in [0.1, 0.15) is 0 Å². The Bertz CT molecular complexity index is 259. The van der Waals surface area contributed by atoms with Crippen LogP contribution in [0.25, 0.3) is 0 Å². The fraction of sp³-hybridized carbons (Fsp3) is 0.923. The van der Waals surface area contributed by atoms with Gasteiger partial charge in [0, 0.05) is 12.6 Å². The van der Waals surface area contributed by atoms with E-state index in [-0.39, 0.29) is 11.3 Å². The van der Waals surface area contributed by atoms with Gasteiger partial charge in [0.15, 0.2) is 0 Å². The molecule has 0 radical (unpaired) electrons. The molecule has 2 aliphatic rings. The van der Waals surface area contributed by atoms with Crippen LogP contribution in [0.1, 0.15) is 51.9 Å². The normalized spacial score (nSPS) is 32.9. The Labute approximate surface area is 98.2 Å². The average Bonchev–Trinajstić information content (AvgIpc) is 2.88. The molecule has 0 heterocycles. The van der Waals surface area contributed by atoms with Gasteiger partial charge < -0.3 is 11.1 Å². The van der Waals surface area contributed by atoms with Crippen LogP contribution in [-0.2, 0) is 4.79 Å². The van der Waals surface area contributed by atoms with Crippen molar-refractivity contribution in [2.24, 2.45) is 17.1 Å². The van der Waals surface area contributed by atoms with Crippen LogP contribution in [0.15, 0.2) is 0 Å². The van der Waals surface area contributed by atoms with Crippen LogP contribution in [0.4, 0.5) is 0 Å². The predicted molar refractivity (Wildman–Crippen MR) is 64.9 cm³/mol. The summed E-state index contributed by atoms with van der Waals surface area (Å²) in [7, 11) is 0. The minimum absolute atomic E-state index is 0.228. The summed E-state index contributed by atoms with van der Waals surface area (Å²) in [5, 5.41) is 3.22. The molecule has 0 aromatic carbocycles. The highest BCUT2D eigenvalue weighted by Crippen LogP contribution is 2.38. The van der Waals surface area contributed by atoms with E-state index in [1.54, 1.807) is 0 Å². The topological polar surface area (TPSA) is 55.1 Å². The first kappa shape index (κ1) is 11.9. The molecular weight excluding hydrogens is 200 g/mol. The molecule has 0 aliphatic heterocycles. The van der Waals surface area contributed by atoms with Gasteiger partial charge in [-0.1, -0.05) is 19.8 Å². The van der Waals surface area contributed by atoms with E-state index < -0.39 is 0 Å². The first-order valence-corrected chi connectivity index (χ1v) is 6.67. The molecule has 16 heavy (non-hydrogen) atoms. The molecule has 2 rings (SSSR count). The molecule has 0 spiro atoms. The minimum Gasteiger partial charge on any atom is -0.353 e. The summed E-state index contributed by atoms with van der Waals surface area (Å²) in [5.41, 5.74) is 5.58. The van der Waals surface area contributed by atoms with Crippen molar-refractivity contribution in [3.8, 4) is 0 Å². The third-order valence-electron chi connectivity index (χ3n) is 4.46. The monoisotopic (exact) mass is 224 g/mol. The largest absolute Gasteiger partial charge is 0.353 e. The quantitative estimate of drug-likeness (QED) is 0.768. The van der Waals surface area contributed by atoms with Crippen molar-refractivity contribution in [2.45, 2.75) is 57.9 Å². The van der Waals surface area contributed by atoms with Crippen molar-refractivity contribution in [2.75, 3.05) is 6.54 Å². The molecule has 2 fully saturated rings. The number of carbonyl (C=O) groups excluding carboxylic acids is 1. The van der Waals surface area contributed by atoms with E-state index in [0.717, 1.165) is 44.4 Å². The third-order valence-corrected chi connectivity index (χ3v) is 4.46. The number of amides is 1. The van der Waals surface area contributed by atoms with Crippen molar-refractivity contribution >= 4 is 5.91 Å². The van der Waals surface area contributed by atoms with Crippen molar-refractivity contribution in [1.82, 2.24) is 5.32 Å². The molecule has 3 nitrogen and oxygen atoms in total. The Morgan fingerprint density at radius 1 is 1.38 bits per heavy atom. The molecule has 2 saturated carbocycles. The lowest BCUT2D eigenvalue weighted by Gasteiger charge is -2.27. The van der Waals surface area contributed by atoms with Crippen LogP contribution in [0.2, 0.25) is 0 Å². The Morgan fingerprint density at radius 3 is 2.56 bits per heavy atom. The van der Waals surface area contributed by atoms with Crippen LogP contribution in [0.3, 0.4) is 0 Å². The first-order chi connectivity index (χ1) is 7.66. The van der Waals surface area contributed by atoms with Gasteiger partial charge in [-0.25, -0.2) is 0 Å². The van der Waals surface area contributed by atoms with E-state index in [1.807, 2.05) is 0 Å². The molecule has 2 unspecified atom stereocenters. The number of rotatable bonds is 3. The Morgan fingerprint density at radius 2 is 2.06 bits per heavy atom. The van der Waals surface area contributed by atoms with Gasteiger partial charge in [0.25, 0.3) is 0 Å². The van der Waals surface area contributed by atoms with Crippen LogP contribution in [0, 0.1) is 11.3 Å². The highest BCUT2D eigenvalue weighted by atomic mass is 16.2. The molecule has 2 aliphatic carbocycles. The van der Waals surface area contributed by atoms with Crippen LogP contribution in [0.5, 0.6) is 0 Å². The van der Waals surface area contributed by atoms with Crippen molar-refractivity contribution in [1.29, 1.82) is 0 Å². The van der Waals surface area contributed by atoms with Gasteiger partial charge >= 0.3 is 0 Å². The van der Waals surface area contributed by atoms with Gasteiger partial charge in [-0.3, -0.25) is 4.79 Å². The molecule has 0 aromatic rings. The second-order valence-electron chi connectivity index (χ2n) is 5.78. The maximum Gasteiger partial charge on any atom is 0.227 e. The summed E-state index contributed by atoms with van der Waals surface area (Å²) in [6, 6.07) is 0.409. The lowest BCUT2D eigenvalue weighted by atomic mass is 9.85. The second kappa shape index (κ2) is 4.74. The standard InChI is InChI=1S/C13H24N2O/c1-10-4-5-11(8-10)15-12(16)13(9-14)6-2-3-7-13/h10-11H,2-9,14H2,1H3,(H,15,16). The molecule has 3 N–H and O–H groups in total. The van der Waals surface area contributed by atoms with E-state index in [9.17, 15) is 4.79 Å². The Balaban J connectivity index is 1.91. The van der Waals surface area contributed by atoms with Crippen LogP contribution in [-0.4, -0.2) is 18.5 Å². The fourth-order valence-corrected chi connectivity index (χ4v) is 3.25. The summed E-state index contributed by atoms with van der Waals surface area (Å²) in [4.78, 5) is 12.3. The number of nitrogens with two attached hydrogens (primary N) is 1. The summed E-state index contributed by atoms with van der Waals surface area (Å²) in [5.74, 6) is 0.995. The van der Waals surface area contributed by atoms with E-state index in [4.69, 9.17) is 5.73 Å². The Kier molecular flexibility index (Phi) is 3.53. The number of hydrogen-bond donors (Lipinski definition) is 2. The van der Waals surface area contributed by atoms with E-state index in [1.165, 1.54) is 6.42 Å². The molecule has 0 bridgehead atoms. The molecular formula is C13H24N2O. The van der Waals surface area contributed by atoms with Gasteiger partial charge in [0.2, 0.25) is 5.91 Å². The highest BCUT2D eigenvalue weighted by molar-refractivity contribution is 5.83. The zero-order valence-corrected chi connectivity index (χ0v) is 10.3. The van der Waals surface area contributed by atoms with Crippen molar-refractivity contribution in [3.63, 3.8) is 0 Å². The van der Waals surface area contributed by atoms with Gasteiger partial charge in [0.05, 0.1) is 5.41 Å². The fourth-order valence-electron chi connectivity index (χ4n) is 3.25. The smallest absolute Gasteiger partial charge is 0.227 e. The van der Waals surface area contributed by atoms with E-state index in [0.29, 0.717) is 12.6 Å². The SMILES string of the molecule is CC1CCC(NC(=O)C2(CN)CCCC2)C1. The lowest BCUT2D eigenvalue weighted by molar-refractivity contribution is -0.131. The maximum atomic E-state index is 12.3. The predicted octanol–water partition coefficient (Wildman–Crippen LogP) is 1.81. The van der Waals surface area contributed by atoms with Crippen LogP contribution >= 0.6 is 0 Å². The summed E-state index contributed by atoms with van der Waals surface area (Å²) in [6.45, 7) is 2.78. The average molecular weight is 224 g/mol. The molecule has 0 saturated heterocycles. The van der Waals surface area contributed by atoms with Crippen molar-refractivity contribution in [3.05, 3.63) is 0 Å². The van der Waals surface area contributed by atoms with Gasteiger partial charge in [-0.15, -0.1) is 0 Å². The zero-order valence-electron chi connectivity index (χ0n) is 10.3. The third kappa shape index (κ3) is 2.24. The summed E-state index contributed by atoms with van der Waals surface area (Å²) >= 11 is 0. The second-order valence-corrected chi connectivity index (χ2v) is 5.78. The van der Waals surface area contributed by atoms with Crippen LogP contribution < -0.4 is 11.1 Å². The molecule has 1 amide bonds. The van der Waals surface area contributed by atoms with E-state index in [2.05, 4.69) is 12.2 Å².